The van der Waals surface area contributed by atoms with Gasteiger partial charge in [-0.3, -0.25) is 4.79 Å². The molecule has 0 aliphatic rings. The van der Waals surface area contributed by atoms with Gasteiger partial charge >= 0.3 is 5.97 Å². The summed E-state index contributed by atoms with van der Waals surface area (Å²) < 4.78 is 24.1. The maximum absolute atomic E-state index is 12.3. The van der Waals surface area contributed by atoms with Crippen LogP contribution in [-0.4, -0.2) is 31.5 Å². The standard InChI is InChI=1S/C18H15ClO5S/c1-11(20)16(14-5-3-4-6-15(14)25(2,23)24)17(18(21)22)12-7-9-13(19)10-8-12/h3-10H,1-2H3,(H,21,22). The lowest BCUT2D eigenvalue weighted by Crippen LogP contribution is -2.11. The van der Waals surface area contributed by atoms with Crippen LogP contribution >= 0.6 is 11.6 Å². The minimum atomic E-state index is -3.66. The molecule has 2 aromatic rings. The van der Waals surface area contributed by atoms with Crippen LogP contribution < -0.4 is 0 Å². The minimum absolute atomic E-state index is 0.0600. The molecule has 130 valence electrons. The number of hydrogen-bond acceptors (Lipinski definition) is 4. The monoisotopic (exact) mass is 378 g/mol. The highest BCUT2D eigenvalue weighted by molar-refractivity contribution is 7.90. The van der Waals surface area contributed by atoms with Gasteiger partial charge in [-0.25, -0.2) is 13.2 Å². The molecule has 0 saturated carbocycles. The van der Waals surface area contributed by atoms with E-state index in [1.54, 1.807) is 6.07 Å². The van der Waals surface area contributed by atoms with Gasteiger partial charge in [0.05, 0.1) is 10.5 Å². The van der Waals surface area contributed by atoms with Crippen LogP contribution in [0, 0.1) is 0 Å². The number of carbonyl (C=O) groups is 2. The fourth-order valence-electron chi connectivity index (χ4n) is 2.49. The molecule has 0 heterocycles. The van der Waals surface area contributed by atoms with Gasteiger partial charge in [0.2, 0.25) is 0 Å². The first kappa shape index (κ1) is 18.9. The number of aliphatic carboxylic acids is 1. The smallest absolute Gasteiger partial charge is 0.337 e. The Kier molecular flexibility index (Phi) is 5.45. The fourth-order valence-corrected chi connectivity index (χ4v) is 3.51. The van der Waals surface area contributed by atoms with E-state index >= 15 is 0 Å². The van der Waals surface area contributed by atoms with Gasteiger partial charge in [0.25, 0.3) is 0 Å². The summed E-state index contributed by atoms with van der Waals surface area (Å²) in [5.41, 5.74) is -0.133. The van der Waals surface area contributed by atoms with E-state index in [-0.39, 0.29) is 27.2 Å². The highest BCUT2D eigenvalue weighted by Crippen LogP contribution is 2.32. The van der Waals surface area contributed by atoms with Crippen molar-refractivity contribution >= 4 is 44.3 Å². The Morgan fingerprint density at radius 3 is 2.00 bits per heavy atom. The molecule has 0 radical (unpaired) electrons. The largest absolute Gasteiger partial charge is 0.478 e. The van der Waals surface area contributed by atoms with Crippen LogP contribution in [0.5, 0.6) is 0 Å². The second-order valence-electron chi connectivity index (χ2n) is 5.39. The molecule has 0 bridgehead atoms. The highest BCUT2D eigenvalue weighted by atomic mass is 35.5. The summed E-state index contributed by atoms with van der Waals surface area (Å²) >= 11 is 5.83. The molecule has 1 N–H and O–H groups in total. The zero-order valence-corrected chi connectivity index (χ0v) is 15.1. The van der Waals surface area contributed by atoms with Gasteiger partial charge in [-0.15, -0.1) is 0 Å². The van der Waals surface area contributed by atoms with Crippen LogP contribution in [0.2, 0.25) is 5.02 Å². The summed E-state index contributed by atoms with van der Waals surface area (Å²) in [7, 11) is -3.66. The third kappa shape index (κ3) is 4.15. The summed E-state index contributed by atoms with van der Waals surface area (Å²) in [6.07, 6.45) is 1.01. The van der Waals surface area contributed by atoms with Crippen molar-refractivity contribution in [1.29, 1.82) is 0 Å². The maximum Gasteiger partial charge on any atom is 0.337 e. The molecule has 0 aliphatic heterocycles. The Morgan fingerprint density at radius 2 is 1.52 bits per heavy atom. The molecule has 0 saturated heterocycles. The second-order valence-corrected chi connectivity index (χ2v) is 7.81. The van der Waals surface area contributed by atoms with Crippen molar-refractivity contribution in [3.05, 3.63) is 64.7 Å². The number of ketones is 1. The van der Waals surface area contributed by atoms with Crippen molar-refractivity contribution in [3.8, 4) is 0 Å². The van der Waals surface area contributed by atoms with Crippen molar-refractivity contribution in [3.63, 3.8) is 0 Å². The molecule has 7 heteroatoms. The lowest BCUT2D eigenvalue weighted by molar-refractivity contribution is -0.130. The predicted molar refractivity (Wildman–Crippen MR) is 96.1 cm³/mol. The number of rotatable bonds is 5. The predicted octanol–water partition coefficient (Wildman–Crippen LogP) is 3.33. The SMILES string of the molecule is CC(=O)C(=C(C(=O)O)c1ccc(Cl)cc1)c1ccccc1S(C)(=O)=O. The zero-order chi connectivity index (χ0) is 18.8. The average molecular weight is 379 g/mol. The molecule has 0 atom stereocenters. The van der Waals surface area contributed by atoms with Gasteiger partial charge in [0.1, 0.15) is 0 Å². The number of hydrogen-bond donors (Lipinski definition) is 1. The van der Waals surface area contributed by atoms with E-state index in [0.29, 0.717) is 5.02 Å². The number of allylic oxidation sites excluding steroid dienone is 1. The summed E-state index contributed by atoms with van der Waals surface area (Å²) in [6, 6.07) is 11.8. The molecular weight excluding hydrogens is 364 g/mol. The first-order chi connectivity index (χ1) is 11.6. The molecule has 0 spiro atoms. The van der Waals surface area contributed by atoms with Crippen LogP contribution in [0.15, 0.2) is 53.4 Å². The van der Waals surface area contributed by atoms with Gasteiger partial charge in [0, 0.05) is 22.4 Å². The molecule has 0 aromatic heterocycles. The molecule has 25 heavy (non-hydrogen) atoms. The number of sulfone groups is 1. The van der Waals surface area contributed by atoms with Gasteiger partial charge in [-0.05, 0) is 30.7 Å². The van der Waals surface area contributed by atoms with E-state index in [1.165, 1.54) is 49.4 Å². The molecule has 2 aromatic carbocycles. The second kappa shape index (κ2) is 7.21. The van der Waals surface area contributed by atoms with Crippen LogP contribution in [0.1, 0.15) is 18.1 Å². The van der Waals surface area contributed by atoms with Crippen molar-refractivity contribution in [1.82, 2.24) is 0 Å². The molecule has 0 unspecified atom stereocenters. The van der Waals surface area contributed by atoms with E-state index in [0.717, 1.165) is 6.26 Å². The topological polar surface area (TPSA) is 88.5 Å². The average Bonchev–Trinajstić information content (AvgIpc) is 2.52. The summed E-state index contributed by atoms with van der Waals surface area (Å²) in [4.78, 5) is 24.0. The summed E-state index contributed by atoms with van der Waals surface area (Å²) in [5.74, 6) is -1.89. The van der Waals surface area contributed by atoms with E-state index in [1.807, 2.05) is 0 Å². The first-order valence-electron chi connectivity index (χ1n) is 7.17. The molecule has 2 rings (SSSR count). The minimum Gasteiger partial charge on any atom is -0.478 e. The Bertz CT molecular complexity index is 973. The van der Waals surface area contributed by atoms with Gasteiger partial charge in [0.15, 0.2) is 15.6 Å². The van der Waals surface area contributed by atoms with Gasteiger partial charge in [-0.2, -0.15) is 0 Å². The first-order valence-corrected chi connectivity index (χ1v) is 9.43. The number of carbonyl (C=O) groups excluding carboxylic acids is 1. The van der Waals surface area contributed by atoms with Crippen LogP contribution in [0.3, 0.4) is 0 Å². The number of carboxylic acid groups (broad SMARTS) is 1. The Balaban J connectivity index is 2.92. The third-order valence-corrected chi connectivity index (χ3v) is 4.91. The zero-order valence-electron chi connectivity index (χ0n) is 13.5. The van der Waals surface area contributed by atoms with E-state index in [9.17, 15) is 23.1 Å². The van der Waals surface area contributed by atoms with Crippen LogP contribution in [0.25, 0.3) is 11.1 Å². The quantitative estimate of drug-likeness (QED) is 0.636. The van der Waals surface area contributed by atoms with Gasteiger partial charge in [-0.1, -0.05) is 41.9 Å². The summed E-state index contributed by atoms with van der Waals surface area (Å²) in [6.45, 7) is 1.20. The Labute approximate surface area is 150 Å². The lowest BCUT2D eigenvalue weighted by atomic mass is 9.92. The van der Waals surface area contributed by atoms with Crippen molar-refractivity contribution in [2.75, 3.05) is 6.26 Å². The van der Waals surface area contributed by atoms with E-state index < -0.39 is 21.6 Å². The number of Topliss-reactive ketones (excluding diaryl/α,β-unsaturated/α-hetero) is 1. The summed E-state index contributed by atoms with van der Waals surface area (Å²) in [5, 5.41) is 10.1. The molecule has 0 amide bonds. The maximum atomic E-state index is 12.3. The van der Waals surface area contributed by atoms with Crippen molar-refractivity contribution in [2.45, 2.75) is 11.8 Å². The lowest BCUT2D eigenvalue weighted by Gasteiger charge is -2.14. The molecule has 0 aliphatic carbocycles. The van der Waals surface area contributed by atoms with Gasteiger partial charge < -0.3 is 5.11 Å². The highest BCUT2D eigenvalue weighted by Gasteiger charge is 2.25. The van der Waals surface area contributed by atoms with Crippen LogP contribution in [-0.2, 0) is 19.4 Å². The Morgan fingerprint density at radius 1 is 0.960 bits per heavy atom. The fraction of sp³-hybridized carbons (Fsp3) is 0.111. The normalized spacial score (nSPS) is 12.4. The van der Waals surface area contributed by atoms with Crippen molar-refractivity contribution < 1.29 is 23.1 Å². The Hall–Kier alpha value is -2.44. The van der Waals surface area contributed by atoms with Crippen molar-refractivity contribution in [2.24, 2.45) is 0 Å². The van der Waals surface area contributed by atoms with E-state index in [4.69, 9.17) is 11.6 Å². The van der Waals surface area contributed by atoms with Crippen LogP contribution in [0.4, 0.5) is 0 Å². The molecular formula is C18H15ClO5S. The third-order valence-electron chi connectivity index (χ3n) is 3.50. The number of benzene rings is 2. The molecule has 5 nitrogen and oxygen atoms in total. The molecule has 0 fully saturated rings. The van der Waals surface area contributed by atoms with E-state index in [2.05, 4.69) is 0 Å². The number of carboxylic acids is 1. The number of halogens is 1.